The Labute approximate surface area is 151 Å². The van der Waals surface area contributed by atoms with Crippen LogP contribution in [-0.2, 0) is 4.74 Å². The highest BCUT2D eigenvalue weighted by atomic mass is 19.4. The monoisotopic (exact) mass is 383 g/mol. The van der Waals surface area contributed by atoms with Crippen LogP contribution in [0.1, 0.15) is 16.1 Å². The zero-order valence-corrected chi connectivity index (χ0v) is 14.2. The molecule has 2 aromatic rings. The second kappa shape index (κ2) is 7.03. The van der Waals surface area contributed by atoms with Crippen LogP contribution >= 0.6 is 0 Å². The number of nitrogens with zero attached hydrogens (tertiary/aromatic N) is 3. The molecule has 0 aliphatic carbocycles. The third kappa shape index (κ3) is 3.95. The third-order valence-electron chi connectivity index (χ3n) is 4.11. The Balaban J connectivity index is 1.94. The molecule has 0 bridgehead atoms. The van der Waals surface area contributed by atoms with Crippen LogP contribution in [0.5, 0.6) is 5.75 Å². The number of carbonyl (C=O) groups is 1. The molecule has 1 aliphatic heterocycles. The highest BCUT2D eigenvalue weighted by molar-refractivity contribution is 5.94. The summed E-state index contributed by atoms with van der Waals surface area (Å²) in [5, 5.41) is 13.8. The van der Waals surface area contributed by atoms with Gasteiger partial charge in [-0.1, -0.05) is 17.7 Å². The van der Waals surface area contributed by atoms with Gasteiger partial charge in [-0.15, -0.1) is 0 Å². The Hall–Kier alpha value is -2.88. The second-order valence-corrected chi connectivity index (χ2v) is 6.12. The zero-order chi connectivity index (χ0) is 19.8. The van der Waals surface area contributed by atoms with Crippen LogP contribution in [0.25, 0.3) is 5.69 Å². The summed E-state index contributed by atoms with van der Waals surface area (Å²) in [4.78, 5) is 25.6. The van der Waals surface area contributed by atoms with E-state index in [2.05, 4.69) is 9.84 Å². The average Bonchev–Trinajstić information content (AvgIpc) is 2.62. The molecule has 1 fully saturated rings. The number of hydrogen-bond acceptors (Lipinski definition) is 5. The van der Waals surface area contributed by atoms with Crippen molar-refractivity contribution in [1.29, 1.82) is 0 Å². The van der Waals surface area contributed by atoms with Crippen LogP contribution in [0.4, 0.5) is 13.2 Å². The lowest BCUT2D eigenvalue weighted by atomic mass is 10.2. The van der Waals surface area contributed by atoms with Crippen molar-refractivity contribution in [2.24, 2.45) is 0 Å². The number of alkyl halides is 3. The minimum absolute atomic E-state index is 0.0871. The summed E-state index contributed by atoms with van der Waals surface area (Å²) >= 11 is 0. The van der Waals surface area contributed by atoms with E-state index in [1.807, 2.05) is 6.92 Å². The van der Waals surface area contributed by atoms with Crippen LogP contribution in [0.15, 0.2) is 35.1 Å². The standard InChI is InChI=1S/C17H16F3N3O4/c1-10-2-4-11(5-3-10)23-14(25)8-12(24)15(21-23)16(26)22-6-7-27-13(9-22)17(18,19)20/h2-5,8,13,24H,6-7,9H2,1H3. The first-order valence-electron chi connectivity index (χ1n) is 8.05. The van der Waals surface area contributed by atoms with Crippen molar-refractivity contribution in [1.82, 2.24) is 14.7 Å². The molecule has 2 heterocycles. The van der Waals surface area contributed by atoms with Gasteiger partial charge in [-0.2, -0.15) is 23.0 Å². The molecule has 1 saturated heterocycles. The summed E-state index contributed by atoms with van der Waals surface area (Å²) < 4.78 is 44.1. The maximum atomic E-state index is 12.9. The summed E-state index contributed by atoms with van der Waals surface area (Å²) in [5.41, 5.74) is 0.115. The molecular weight excluding hydrogens is 367 g/mol. The molecule has 1 amide bonds. The van der Waals surface area contributed by atoms with Crippen molar-refractivity contribution in [3.05, 3.63) is 51.9 Å². The highest BCUT2D eigenvalue weighted by Crippen LogP contribution is 2.27. The number of carbonyl (C=O) groups excluding carboxylic acids is 1. The molecule has 3 rings (SSSR count). The van der Waals surface area contributed by atoms with Crippen LogP contribution in [0.3, 0.4) is 0 Å². The van der Waals surface area contributed by atoms with Gasteiger partial charge in [0.2, 0.25) is 0 Å². The first kappa shape index (κ1) is 18.9. The SMILES string of the molecule is Cc1ccc(-n2nc(C(=O)N3CCOC(C(F)(F)F)C3)c(O)cc2=O)cc1. The van der Waals surface area contributed by atoms with E-state index in [0.29, 0.717) is 5.69 Å². The highest BCUT2D eigenvalue weighted by Gasteiger charge is 2.44. The number of rotatable bonds is 2. The number of aromatic hydroxyl groups is 1. The molecular formula is C17H16F3N3O4. The van der Waals surface area contributed by atoms with Gasteiger partial charge in [-0.05, 0) is 19.1 Å². The summed E-state index contributed by atoms with van der Waals surface area (Å²) in [5.74, 6) is -1.60. The Bertz CT molecular complexity index is 909. The van der Waals surface area contributed by atoms with Gasteiger partial charge in [0.05, 0.1) is 18.8 Å². The van der Waals surface area contributed by atoms with Gasteiger partial charge in [-0.25, -0.2) is 0 Å². The van der Waals surface area contributed by atoms with Crippen LogP contribution in [0, 0.1) is 6.92 Å². The fourth-order valence-corrected chi connectivity index (χ4v) is 2.65. The molecule has 0 spiro atoms. The van der Waals surface area contributed by atoms with Gasteiger partial charge in [0.25, 0.3) is 11.5 Å². The lowest BCUT2D eigenvalue weighted by Gasteiger charge is -2.33. The van der Waals surface area contributed by atoms with E-state index in [0.717, 1.165) is 21.2 Å². The van der Waals surface area contributed by atoms with E-state index in [9.17, 15) is 27.9 Å². The van der Waals surface area contributed by atoms with Gasteiger partial charge >= 0.3 is 6.18 Å². The molecule has 1 aliphatic rings. The Kier molecular flexibility index (Phi) is 4.92. The fraction of sp³-hybridized carbons (Fsp3) is 0.353. The minimum Gasteiger partial charge on any atom is -0.505 e. The Morgan fingerprint density at radius 3 is 2.59 bits per heavy atom. The van der Waals surface area contributed by atoms with Crippen molar-refractivity contribution < 1.29 is 27.8 Å². The summed E-state index contributed by atoms with van der Waals surface area (Å²) in [6.07, 6.45) is -6.73. The summed E-state index contributed by atoms with van der Waals surface area (Å²) in [6, 6.07) is 7.47. The lowest BCUT2D eigenvalue weighted by Crippen LogP contribution is -2.51. The molecule has 7 nitrogen and oxygen atoms in total. The number of aromatic nitrogens is 2. The molecule has 1 atom stereocenters. The van der Waals surface area contributed by atoms with Crippen LogP contribution < -0.4 is 5.56 Å². The van der Waals surface area contributed by atoms with Gasteiger partial charge in [0.15, 0.2) is 17.5 Å². The lowest BCUT2D eigenvalue weighted by molar-refractivity contribution is -0.233. The molecule has 1 N–H and O–H groups in total. The number of halogens is 3. The third-order valence-corrected chi connectivity index (χ3v) is 4.11. The normalized spacial score (nSPS) is 17.8. The van der Waals surface area contributed by atoms with E-state index in [-0.39, 0.29) is 13.2 Å². The van der Waals surface area contributed by atoms with Crippen molar-refractivity contribution in [2.75, 3.05) is 19.7 Å². The Morgan fingerprint density at radius 1 is 1.30 bits per heavy atom. The van der Waals surface area contributed by atoms with E-state index in [4.69, 9.17) is 0 Å². The number of aryl methyl sites for hydroxylation is 1. The van der Waals surface area contributed by atoms with Crippen molar-refractivity contribution >= 4 is 5.91 Å². The van der Waals surface area contributed by atoms with Gasteiger partial charge < -0.3 is 14.7 Å². The van der Waals surface area contributed by atoms with E-state index in [1.54, 1.807) is 24.3 Å². The van der Waals surface area contributed by atoms with Crippen molar-refractivity contribution in [3.8, 4) is 11.4 Å². The second-order valence-electron chi connectivity index (χ2n) is 6.12. The largest absolute Gasteiger partial charge is 0.505 e. The number of morpholine rings is 1. The molecule has 0 saturated carbocycles. The first-order chi connectivity index (χ1) is 12.7. The number of hydrogen-bond donors (Lipinski definition) is 1. The van der Waals surface area contributed by atoms with Gasteiger partial charge in [0.1, 0.15) is 0 Å². The molecule has 27 heavy (non-hydrogen) atoms. The van der Waals surface area contributed by atoms with Gasteiger partial charge in [-0.3, -0.25) is 9.59 Å². The number of benzene rings is 1. The van der Waals surface area contributed by atoms with Crippen molar-refractivity contribution in [2.45, 2.75) is 19.2 Å². The van der Waals surface area contributed by atoms with Crippen molar-refractivity contribution in [3.63, 3.8) is 0 Å². The molecule has 1 aromatic heterocycles. The van der Waals surface area contributed by atoms with E-state index >= 15 is 0 Å². The molecule has 0 radical (unpaired) electrons. The Morgan fingerprint density at radius 2 is 1.96 bits per heavy atom. The minimum atomic E-state index is -4.62. The first-order valence-corrected chi connectivity index (χ1v) is 8.05. The van der Waals surface area contributed by atoms with Gasteiger partial charge in [0, 0.05) is 12.6 Å². The molecule has 1 aromatic carbocycles. The predicted molar refractivity (Wildman–Crippen MR) is 87.9 cm³/mol. The molecule has 144 valence electrons. The van der Waals surface area contributed by atoms with E-state index in [1.165, 1.54) is 0 Å². The molecule has 1 unspecified atom stereocenters. The summed E-state index contributed by atoms with van der Waals surface area (Å²) in [7, 11) is 0. The maximum absolute atomic E-state index is 12.9. The smallest absolute Gasteiger partial charge is 0.416 e. The predicted octanol–water partition coefficient (Wildman–Crippen LogP) is 1.65. The van der Waals surface area contributed by atoms with Crippen LogP contribution in [-0.4, -0.2) is 57.7 Å². The number of amides is 1. The van der Waals surface area contributed by atoms with E-state index < -0.39 is 41.7 Å². The maximum Gasteiger partial charge on any atom is 0.416 e. The average molecular weight is 383 g/mol. The number of ether oxygens (including phenoxy) is 1. The quantitative estimate of drug-likeness (QED) is 0.853. The fourth-order valence-electron chi connectivity index (χ4n) is 2.65. The zero-order valence-electron chi connectivity index (χ0n) is 14.2. The van der Waals surface area contributed by atoms with Crippen LogP contribution in [0.2, 0.25) is 0 Å². The molecule has 10 heteroatoms. The topological polar surface area (TPSA) is 84.7 Å². The summed E-state index contributed by atoms with van der Waals surface area (Å²) in [6.45, 7) is 0.749.